The van der Waals surface area contributed by atoms with Gasteiger partial charge in [0, 0.05) is 30.4 Å². The normalized spacial score (nSPS) is 17.6. The number of aromatic nitrogens is 2. The highest BCUT2D eigenvalue weighted by Gasteiger charge is 2.19. The van der Waals surface area contributed by atoms with Crippen molar-refractivity contribution in [3.63, 3.8) is 0 Å². The van der Waals surface area contributed by atoms with Gasteiger partial charge in [-0.25, -0.2) is 0 Å². The minimum atomic E-state index is 0.439. The van der Waals surface area contributed by atoms with Crippen LogP contribution in [0.2, 0.25) is 0 Å². The van der Waals surface area contributed by atoms with Gasteiger partial charge in [0.05, 0.1) is 18.9 Å². The van der Waals surface area contributed by atoms with Gasteiger partial charge in [0.15, 0.2) is 0 Å². The number of ether oxygens (including phenoxy) is 1. The number of hydrogen-bond acceptors (Lipinski definition) is 3. The molecular formula is C18H25N3O. The van der Waals surface area contributed by atoms with Gasteiger partial charge < -0.3 is 4.74 Å². The van der Waals surface area contributed by atoms with E-state index < -0.39 is 0 Å². The SMILES string of the molecule is CCc1n[nH]c(C)c1-c1ccc(C(C)N2CCOCC2)cc1. The molecule has 0 saturated carbocycles. The van der Waals surface area contributed by atoms with Gasteiger partial charge in [-0.3, -0.25) is 10.00 Å². The number of nitrogens with zero attached hydrogens (tertiary/aromatic N) is 2. The lowest BCUT2D eigenvalue weighted by Gasteiger charge is -2.32. The first kappa shape index (κ1) is 15.3. The molecule has 0 aliphatic carbocycles. The van der Waals surface area contributed by atoms with E-state index in [1.165, 1.54) is 16.7 Å². The van der Waals surface area contributed by atoms with Gasteiger partial charge in [-0.05, 0) is 31.4 Å². The van der Waals surface area contributed by atoms with E-state index in [0.717, 1.165) is 44.1 Å². The Morgan fingerprint density at radius 1 is 1.23 bits per heavy atom. The van der Waals surface area contributed by atoms with Crippen molar-refractivity contribution in [1.29, 1.82) is 0 Å². The van der Waals surface area contributed by atoms with Gasteiger partial charge in [-0.1, -0.05) is 31.2 Å². The maximum absolute atomic E-state index is 5.44. The van der Waals surface area contributed by atoms with Crippen LogP contribution in [0.1, 0.15) is 36.8 Å². The molecule has 0 spiro atoms. The van der Waals surface area contributed by atoms with Crippen molar-refractivity contribution in [3.05, 3.63) is 41.2 Å². The quantitative estimate of drug-likeness (QED) is 0.941. The molecule has 2 heterocycles. The fourth-order valence-corrected chi connectivity index (χ4v) is 3.22. The summed E-state index contributed by atoms with van der Waals surface area (Å²) in [5, 5.41) is 7.50. The summed E-state index contributed by atoms with van der Waals surface area (Å²) < 4.78 is 5.44. The molecule has 0 radical (unpaired) electrons. The van der Waals surface area contributed by atoms with Crippen LogP contribution in [0.5, 0.6) is 0 Å². The summed E-state index contributed by atoms with van der Waals surface area (Å²) in [7, 11) is 0. The van der Waals surface area contributed by atoms with Crippen LogP contribution in [-0.2, 0) is 11.2 Å². The fourth-order valence-electron chi connectivity index (χ4n) is 3.22. The molecule has 1 atom stereocenters. The van der Waals surface area contributed by atoms with Crippen LogP contribution in [0.15, 0.2) is 24.3 Å². The first-order chi connectivity index (χ1) is 10.7. The third-order valence-corrected chi connectivity index (χ3v) is 4.63. The molecule has 1 fully saturated rings. The topological polar surface area (TPSA) is 41.2 Å². The van der Waals surface area contributed by atoms with Gasteiger partial charge >= 0.3 is 0 Å². The minimum absolute atomic E-state index is 0.439. The number of nitrogens with one attached hydrogen (secondary N) is 1. The molecule has 1 unspecified atom stereocenters. The zero-order valence-corrected chi connectivity index (χ0v) is 13.7. The summed E-state index contributed by atoms with van der Waals surface area (Å²) in [6.07, 6.45) is 0.950. The highest BCUT2D eigenvalue weighted by Crippen LogP contribution is 2.28. The van der Waals surface area contributed by atoms with Crippen molar-refractivity contribution in [1.82, 2.24) is 15.1 Å². The number of H-pyrrole nitrogens is 1. The summed E-state index contributed by atoms with van der Waals surface area (Å²) in [4.78, 5) is 2.49. The molecule has 1 saturated heterocycles. The molecule has 4 nitrogen and oxygen atoms in total. The molecule has 22 heavy (non-hydrogen) atoms. The third kappa shape index (κ3) is 2.94. The van der Waals surface area contributed by atoms with E-state index in [-0.39, 0.29) is 0 Å². The molecule has 0 amide bonds. The average Bonchev–Trinajstić information content (AvgIpc) is 2.96. The van der Waals surface area contributed by atoms with Gasteiger partial charge in [0.1, 0.15) is 0 Å². The zero-order valence-electron chi connectivity index (χ0n) is 13.7. The van der Waals surface area contributed by atoms with Gasteiger partial charge in [-0.15, -0.1) is 0 Å². The van der Waals surface area contributed by atoms with Crippen molar-refractivity contribution in [2.75, 3.05) is 26.3 Å². The standard InChI is InChI=1S/C18H25N3O/c1-4-17-18(13(2)19-20-17)16-7-5-15(6-8-16)14(3)21-9-11-22-12-10-21/h5-8,14H,4,9-12H2,1-3H3,(H,19,20). The van der Waals surface area contributed by atoms with Crippen LogP contribution in [-0.4, -0.2) is 41.4 Å². The summed E-state index contributed by atoms with van der Waals surface area (Å²) in [6.45, 7) is 10.2. The minimum Gasteiger partial charge on any atom is -0.379 e. The monoisotopic (exact) mass is 299 g/mol. The Kier molecular flexibility index (Phi) is 4.60. The highest BCUT2D eigenvalue weighted by atomic mass is 16.5. The number of aromatic amines is 1. The second-order valence-corrected chi connectivity index (χ2v) is 5.97. The Morgan fingerprint density at radius 2 is 1.91 bits per heavy atom. The van der Waals surface area contributed by atoms with E-state index in [4.69, 9.17) is 4.74 Å². The number of rotatable bonds is 4. The second kappa shape index (κ2) is 6.63. The average molecular weight is 299 g/mol. The Hall–Kier alpha value is -1.65. The maximum atomic E-state index is 5.44. The summed E-state index contributed by atoms with van der Waals surface area (Å²) in [5.41, 5.74) is 6.16. The summed E-state index contributed by atoms with van der Waals surface area (Å²) in [6, 6.07) is 9.39. The lowest BCUT2D eigenvalue weighted by molar-refractivity contribution is 0.0198. The van der Waals surface area contributed by atoms with E-state index in [0.29, 0.717) is 6.04 Å². The van der Waals surface area contributed by atoms with Gasteiger partial charge in [-0.2, -0.15) is 5.10 Å². The molecule has 3 rings (SSSR count). The Balaban J connectivity index is 1.81. The Bertz CT molecular complexity index is 612. The first-order valence-electron chi connectivity index (χ1n) is 8.16. The lowest BCUT2D eigenvalue weighted by Crippen LogP contribution is -2.37. The Morgan fingerprint density at radius 3 is 2.55 bits per heavy atom. The highest BCUT2D eigenvalue weighted by molar-refractivity contribution is 5.68. The molecule has 1 aromatic heterocycles. The van der Waals surface area contributed by atoms with Crippen LogP contribution >= 0.6 is 0 Å². The van der Waals surface area contributed by atoms with E-state index >= 15 is 0 Å². The molecule has 1 N–H and O–H groups in total. The maximum Gasteiger partial charge on any atom is 0.0700 e. The van der Waals surface area contributed by atoms with E-state index in [1.54, 1.807) is 0 Å². The Labute approximate surface area is 132 Å². The molecule has 118 valence electrons. The van der Waals surface area contributed by atoms with Crippen LogP contribution in [0, 0.1) is 6.92 Å². The predicted octanol–water partition coefficient (Wildman–Crippen LogP) is 3.34. The van der Waals surface area contributed by atoms with Crippen molar-refractivity contribution < 1.29 is 4.74 Å². The van der Waals surface area contributed by atoms with Crippen LogP contribution < -0.4 is 0 Å². The number of hydrogen-bond donors (Lipinski definition) is 1. The number of morpholine rings is 1. The number of benzene rings is 1. The van der Waals surface area contributed by atoms with Crippen molar-refractivity contribution in [3.8, 4) is 11.1 Å². The van der Waals surface area contributed by atoms with E-state index in [1.807, 2.05) is 0 Å². The third-order valence-electron chi connectivity index (χ3n) is 4.63. The van der Waals surface area contributed by atoms with Gasteiger partial charge in [0.2, 0.25) is 0 Å². The van der Waals surface area contributed by atoms with Crippen LogP contribution in [0.4, 0.5) is 0 Å². The number of aryl methyl sites for hydroxylation is 2. The van der Waals surface area contributed by atoms with Crippen molar-refractivity contribution >= 4 is 0 Å². The molecule has 2 aromatic rings. The fraction of sp³-hybridized carbons (Fsp3) is 0.500. The molecule has 1 aromatic carbocycles. The second-order valence-electron chi connectivity index (χ2n) is 5.97. The van der Waals surface area contributed by atoms with E-state index in [2.05, 4.69) is 60.1 Å². The molecule has 4 heteroatoms. The smallest absolute Gasteiger partial charge is 0.0700 e. The molecule has 1 aliphatic rings. The molecular weight excluding hydrogens is 274 g/mol. The summed E-state index contributed by atoms with van der Waals surface area (Å²) >= 11 is 0. The van der Waals surface area contributed by atoms with Crippen LogP contribution in [0.3, 0.4) is 0 Å². The zero-order chi connectivity index (χ0) is 15.5. The predicted molar refractivity (Wildman–Crippen MR) is 88.9 cm³/mol. The molecule has 0 bridgehead atoms. The van der Waals surface area contributed by atoms with Crippen LogP contribution in [0.25, 0.3) is 11.1 Å². The first-order valence-corrected chi connectivity index (χ1v) is 8.16. The van der Waals surface area contributed by atoms with Gasteiger partial charge in [0.25, 0.3) is 0 Å². The van der Waals surface area contributed by atoms with Crippen molar-refractivity contribution in [2.45, 2.75) is 33.2 Å². The lowest BCUT2D eigenvalue weighted by atomic mass is 9.98. The van der Waals surface area contributed by atoms with E-state index in [9.17, 15) is 0 Å². The van der Waals surface area contributed by atoms with Crippen molar-refractivity contribution in [2.24, 2.45) is 0 Å². The summed E-state index contributed by atoms with van der Waals surface area (Å²) in [5.74, 6) is 0. The molecule has 1 aliphatic heterocycles. The largest absolute Gasteiger partial charge is 0.379 e.